The Kier molecular flexibility index (Phi) is 4.55. The molecule has 25 heavy (non-hydrogen) atoms. The van der Waals surface area contributed by atoms with Crippen LogP contribution < -0.4 is 4.90 Å². The summed E-state index contributed by atoms with van der Waals surface area (Å²) in [6.45, 7) is 7.01. The SMILES string of the molecule is CCc1cc(N2CCN(Cc3cccc(Cl)c3)CC2)c2nncn2n1. The van der Waals surface area contributed by atoms with Crippen molar-refractivity contribution in [1.82, 2.24) is 24.7 Å². The summed E-state index contributed by atoms with van der Waals surface area (Å²) in [7, 11) is 0. The first-order valence-electron chi connectivity index (χ1n) is 8.64. The topological polar surface area (TPSA) is 49.6 Å². The van der Waals surface area contributed by atoms with E-state index in [9.17, 15) is 0 Å². The number of aryl methyl sites for hydroxylation is 1. The fraction of sp³-hybridized carbons (Fsp3) is 0.389. The van der Waals surface area contributed by atoms with Crippen molar-refractivity contribution in [1.29, 1.82) is 0 Å². The first-order valence-corrected chi connectivity index (χ1v) is 9.02. The highest BCUT2D eigenvalue weighted by Gasteiger charge is 2.21. The van der Waals surface area contributed by atoms with Gasteiger partial charge in [-0.05, 0) is 30.2 Å². The van der Waals surface area contributed by atoms with Crippen LogP contribution in [0.25, 0.3) is 5.65 Å². The summed E-state index contributed by atoms with van der Waals surface area (Å²) in [5, 5.41) is 13.6. The van der Waals surface area contributed by atoms with Crippen molar-refractivity contribution in [2.24, 2.45) is 0 Å². The van der Waals surface area contributed by atoms with E-state index < -0.39 is 0 Å². The van der Waals surface area contributed by atoms with Gasteiger partial charge in [-0.3, -0.25) is 4.90 Å². The molecule has 0 atom stereocenters. The molecule has 3 heterocycles. The van der Waals surface area contributed by atoms with Crippen LogP contribution in [-0.4, -0.2) is 50.9 Å². The maximum absolute atomic E-state index is 6.09. The van der Waals surface area contributed by atoms with E-state index in [4.69, 9.17) is 11.6 Å². The van der Waals surface area contributed by atoms with Gasteiger partial charge in [-0.2, -0.15) is 9.61 Å². The van der Waals surface area contributed by atoms with E-state index in [1.165, 1.54) is 5.56 Å². The largest absolute Gasteiger partial charge is 0.366 e. The second-order valence-corrected chi connectivity index (χ2v) is 6.80. The number of aromatic nitrogens is 4. The molecule has 0 radical (unpaired) electrons. The molecule has 6 nitrogen and oxygen atoms in total. The molecule has 0 aliphatic carbocycles. The van der Waals surface area contributed by atoms with Crippen LogP contribution in [0.4, 0.5) is 5.69 Å². The van der Waals surface area contributed by atoms with E-state index in [-0.39, 0.29) is 0 Å². The molecular weight excluding hydrogens is 336 g/mol. The second kappa shape index (κ2) is 6.98. The van der Waals surface area contributed by atoms with E-state index in [0.29, 0.717) is 0 Å². The average Bonchev–Trinajstić information content (AvgIpc) is 3.10. The molecule has 0 saturated carbocycles. The minimum Gasteiger partial charge on any atom is -0.366 e. The van der Waals surface area contributed by atoms with Crippen molar-refractivity contribution in [3.05, 3.63) is 52.9 Å². The fourth-order valence-electron chi connectivity index (χ4n) is 3.31. The Morgan fingerprint density at radius 3 is 2.72 bits per heavy atom. The maximum Gasteiger partial charge on any atom is 0.200 e. The molecule has 1 aliphatic heterocycles. The van der Waals surface area contributed by atoms with E-state index in [0.717, 1.165) is 61.2 Å². The Morgan fingerprint density at radius 1 is 1.12 bits per heavy atom. The number of rotatable bonds is 4. The van der Waals surface area contributed by atoms with Crippen molar-refractivity contribution in [2.45, 2.75) is 19.9 Å². The predicted octanol–water partition coefficient (Wildman–Crippen LogP) is 2.66. The molecule has 3 aromatic rings. The summed E-state index contributed by atoms with van der Waals surface area (Å²) in [5.74, 6) is 0. The third-order valence-corrected chi connectivity index (χ3v) is 4.90. The molecule has 0 spiro atoms. The van der Waals surface area contributed by atoms with Crippen molar-refractivity contribution in [3.63, 3.8) is 0 Å². The van der Waals surface area contributed by atoms with E-state index in [2.05, 4.69) is 44.2 Å². The Bertz CT molecular complexity index is 869. The van der Waals surface area contributed by atoms with Gasteiger partial charge in [0.05, 0.1) is 11.4 Å². The number of hydrogen-bond donors (Lipinski definition) is 0. The maximum atomic E-state index is 6.09. The van der Waals surface area contributed by atoms with Gasteiger partial charge in [0.25, 0.3) is 0 Å². The monoisotopic (exact) mass is 356 g/mol. The standard InChI is InChI=1S/C18H21ClN6/c1-2-16-11-17(18-21-20-13-25(18)22-16)24-8-6-23(7-9-24)12-14-4-3-5-15(19)10-14/h3-5,10-11,13H,2,6-9,12H2,1H3. The van der Waals surface area contributed by atoms with E-state index in [1.54, 1.807) is 10.8 Å². The van der Waals surface area contributed by atoms with Crippen molar-refractivity contribution < 1.29 is 0 Å². The van der Waals surface area contributed by atoms with Crippen LogP contribution in [0.1, 0.15) is 18.2 Å². The molecule has 130 valence electrons. The van der Waals surface area contributed by atoms with Gasteiger partial charge in [0.1, 0.15) is 6.33 Å². The Morgan fingerprint density at radius 2 is 1.96 bits per heavy atom. The molecule has 2 aromatic heterocycles. The Hall–Kier alpha value is -2.18. The first kappa shape index (κ1) is 16.3. The fourth-order valence-corrected chi connectivity index (χ4v) is 3.52. The van der Waals surface area contributed by atoms with Gasteiger partial charge in [0.2, 0.25) is 5.65 Å². The van der Waals surface area contributed by atoms with Gasteiger partial charge in [0, 0.05) is 37.7 Å². The molecule has 1 fully saturated rings. The lowest BCUT2D eigenvalue weighted by Gasteiger charge is -2.36. The average molecular weight is 357 g/mol. The molecule has 0 unspecified atom stereocenters. The molecule has 1 aromatic carbocycles. The summed E-state index contributed by atoms with van der Waals surface area (Å²) in [6, 6.07) is 10.3. The molecule has 4 rings (SSSR count). The van der Waals surface area contributed by atoms with Crippen LogP contribution in [0, 0.1) is 0 Å². The van der Waals surface area contributed by atoms with Crippen LogP contribution in [0.3, 0.4) is 0 Å². The normalized spacial score (nSPS) is 15.8. The zero-order chi connectivity index (χ0) is 17.2. The minimum absolute atomic E-state index is 0.800. The Balaban J connectivity index is 1.48. The third-order valence-electron chi connectivity index (χ3n) is 4.67. The lowest BCUT2D eigenvalue weighted by atomic mass is 10.2. The van der Waals surface area contributed by atoms with Crippen LogP contribution in [0.5, 0.6) is 0 Å². The van der Waals surface area contributed by atoms with Gasteiger partial charge in [-0.1, -0.05) is 30.7 Å². The van der Waals surface area contributed by atoms with Crippen molar-refractivity contribution in [2.75, 3.05) is 31.1 Å². The summed E-state index contributed by atoms with van der Waals surface area (Å²) in [5.41, 5.74) is 4.29. The highest BCUT2D eigenvalue weighted by Crippen LogP contribution is 2.23. The number of anilines is 1. The molecule has 7 heteroatoms. The second-order valence-electron chi connectivity index (χ2n) is 6.37. The number of benzene rings is 1. The van der Waals surface area contributed by atoms with Crippen molar-refractivity contribution >= 4 is 22.9 Å². The lowest BCUT2D eigenvalue weighted by Crippen LogP contribution is -2.46. The van der Waals surface area contributed by atoms with Crippen LogP contribution in [0.2, 0.25) is 5.02 Å². The number of piperazine rings is 1. The molecule has 0 bridgehead atoms. The van der Waals surface area contributed by atoms with Crippen molar-refractivity contribution in [3.8, 4) is 0 Å². The van der Waals surface area contributed by atoms with Gasteiger partial charge in [-0.15, -0.1) is 10.2 Å². The summed E-state index contributed by atoms with van der Waals surface area (Å²) >= 11 is 6.09. The Labute approximate surface area is 152 Å². The smallest absolute Gasteiger partial charge is 0.200 e. The highest BCUT2D eigenvalue weighted by molar-refractivity contribution is 6.30. The third kappa shape index (κ3) is 3.45. The molecular formula is C18H21ClN6. The highest BCUT2D eigenvalue weighted by atomic mass is 35.5. The van der Waals surface area contributed by atoms with Crippen LogP contribution in [0.15, 0.2) is 36.7 Å². The van der Waals surface area contributed by atoms with Gasteiger partial charge >= 0.3 is 0 Å². The zero-order valence-electron chi connectivity index (χ0n) is 14.3. The molecule has 1 saturated heterocycles. The van der Waals surface area contributed by atoms with E-state index in [1.807, 2.05) is 18.2 Å². The number of fused-ring (bicyclic) bond motifs is 1. The molecule has 0 N–H and O–H groups in total. The lowest BCUT2D eigenvalue weighted by molar-refractivity contribution is 0.250. The summed E-state index contributed by atoms with van der Waals surface area (Å²) in [4.78, 5) is 4.85. The van der Waals surface area contributed by atoms with Crippen LogP contribution >= 0.6 is 11.6 Å². The predicted molar refractivity (Wildman–Crippen MR) is 99.1 cm³/mol. The molecule has 1 aliphatic rings. The van der Waals surface area contributed by atoms with Crippen LogP contribution in [-0.2, 0) is 13.0 Å². The van der Waals surface area contributed by atoms with Gasteiger partial charge in [-0.25, -0.2) is 0 Å². The zero-order valence-corrected chi connectivity index (χ0v) is 15.0. The van der Waals surface area contributed by atoms with Gasteiger partial charge in [0.15, 0.2) is 0 Å². The number of nitrogens with zero attached hydrogens (tertiary/aromatic N) is 6. The number of halogens is 1. The first-order chi connectivity index (χ1) is 12.2. The summed E-state index contributed by atoms with van der Waals surface area (Å²) in [6.07, 6.45) is 2.57. The van der Waals surface area contributed by atoms with Gasteiger partial charge < -0.3 is 4.90 Å². The molecule has 0 amide bonds. The minimum atomic E-state index is 0.800. The quantitative estimate of drug-likeness (QED) is 0.719. The number of hydrogen-bond acceptors (Lipinski definition) is 5. The summed E-state index contributed by atoms with van der Waals surface area (Å²) < 4.78 is 1.78. The van der Waals surface area contributed by atoms with E-state index >= 15 is 0 Å².